The molecule has 55 heavy (non-hydrogen) atoms. The van der Waals surface area contributed by atoms with Crippen LogP contribution in [0.5, 0.6) is 11.6 Å². The summed E-state index contributed by atoms with van der Waals surface area (Å²) in [6, 6.07) is 5.42. The molecule has 0 radical (unpaired) electrons. The quantitative estimate of drug-likeness (QED) is 0.0147. The van der Waals surface area contributed by atoms with Crippen LogP contribution >= 0.6 is 12.0 Å². The predicted molar refractivity (Wildman–Crippen MR) is 185 cm³/mol. The number of carbonyl (C=O) groups is 3. The molecule has 0 fully saturated rings. The van der Waals surface area contributed by atoms with Crippen LogP contribution in [0.2, 0.25) is 0 Å². The predicted octanol–water partition coefficient (Wildman–Crippen LogP) is 1.99. The van der Waals surface area contributed by atoms with Crippen LogP contribution in [0.4, 0.5) is 5.69 Å². The van der Waals surface area contributed by atoms with Gasteiger partial charge in [0.25, 0.3) is 31.9 Å². The van der Waals surface area contributed by atoms with Gasteiger partial charge in [0, 0.05) is 16.9 Å². The number of aromatic nitrogens is 2. The first-order chi connectivity index (χ1) is 25.9. The fourth-order valence-corrected chi connectivity index (χ4v) is 6.43. The van der Waals surface area contributed by atoms with E-state index in [4.69, 9.17) is 19.7 Å². The minimum Gasteiger partial charge on any atom is -0.493 e. The van der Waals surface area contributed by atoms with Crippen LogP contribution in [0.1, 0.15) is 23.0 Å². The Balaban J connectivity index is 1.78. The lowest BCUT2D eigenvalue weighted by molar-refractivity contribution is -0.432. The Morgan fingerprint density at radius 1 is 1.02 bits per heavy atom. The van der Waals surface area contributed by atoms with Crippen LogP contribution in [0, 0.1) is 12.0 Å². The number of ketones is 1. The number of rotatable bonds is 15. The van der Waals surface area contributed by atoms with Crippen molar-refractivity contribution >= 4 is 78.8 Å². The fraction of sp³-hybridized carbons (Fsp3) is 0.0690. The first kappa shape index (κ1) is 42.0. The molecule has 22 nitrogen and oxygen atoms in total. The third-order valence-corrected chi connectivity index (χ3v) is 9.29. The number of aromatic hydroxyl groups is 1. The molecule has 1 aliphatic heterocycles. The number of hydrogen-bond acceptors (Lipinski definition) is 18. The average Bonchev–Trinajstić information content (AvgIpc) is 3.61. The first-order valence-electron chi connectivity index (χ1n) is 14.3. The molecular formula is C29H22N4O18S4. The van der Waals surface area contributed by atoms with Gasteiger partial charge < -0.3 is 19.1 Å². The monoisotopic (exact) mass is 842 g/mol. The molecular weight excluding hydrogens is 821 g/mol. The van der Waals surface area contributed by atoms with Crippen molar-refractivity contribution < 1.29 is 82.8 Å². The summed E-state index contributed by atoms with van der Waals surface area (Å²) in [7, 11) is -10.1. The van der Waals surface area contributed by atoms with Crippen LogP contribution in [0.15, 0.2) is 86.1 Å². The Hall–Kier alpha value is -5.73. The van der Waals surface area contributed by atoms with Gasteiger partial charge in [0.1, 0.15) is 21.6 Å². The number of esters is 1. The van der Waals surface area contributed by atoms with Crippen LogP contribution in [0.3, 0.4) is 0 Å². The standard InChI is InChI=1S/C29H22N4O18S4/c1-2-48-29(38)26-19(28(37)33(31-26)21-15-17(52-51-50-39)9-11-24(21)55(45,46)47)7-5-3-4-6-18-25(22(35)12-13-34)30-32(27(18)36)20-14-16(49-53(40)41)8-10-23(20)54(42,43)44/h3-11,14-15,34,37,39H,2H2,1H3,(H,40,41)(H,42,43,44)(H,45,46,47)/b4-3?,7-5?,18-6-. The smallest absolute Gasteiger partial charge is 0.359 e. The van der Waals surface area contributed by atoms with Gasteiger partial charge in [-0.25, -0.2) is 10.1 Å². The second-order valence-electron chi connectivity index (χ2n) is 9.91. The van der Waals surface area contributed by atoms with Crippen LogP contribution in [-0.4, -0.2) is 89.9 Å². The Bertz CT molecular complexity index is 2500. The zero-order valence-electron chi connectivity index (χ0n) is 27.1. The molecule has 3 aromatic rings. The lowest BCUT2D eigenvalue weighted by Crippen LogP contribution is -2.24. The third kappa shape index (κ3) is 9.88. The zero-order valence-corrected chi connectivity index (χ0v) is 30.3. The molecule has 290 valence electrons. The van der Waals surface area contributed by atoms with Crippen LogP contribution in [-0.2, 0) is 55.3 Å². The van der Waals surface area contributed by atoms with Gasteiger partial charge in [-0.15, -0.1) is 4.33 Å². The topological polar surface area (TPSA) is 328 Å². The van der Waals surface area contributed by atoms with Crippen LogP contribution < -0.4 is 9.19 Å². The van der Waals surface area contributed by atoms with E-state index >= 15 is 0 Å². The fourth-order valence-electron chi connectivity index (χ4n) is 4.47. The first-order valence-corrected chi connectivity index (χ1v) is 18.9. The van der Waals surface area contributed by atoms with Crippen molar-refractivity contribution in [1.29, 1.82) is 0 Å². The molecule has 0 spiro atoms. The number of aliphatic hydroxyl groups is 1. The summed E-state index contributed by atoms with van der Waals surface area (Å²) in [5, 5.41) is 40.2. The molecule has 1 amide bonds. The Morgan fingerprint density at radius 2 is 1.69 bits per heavy atom. The zero-order chi connectivity index (χ0) is 40.7. The number of amides is 1. The highest BCUT2D eigenvalue weighted by molar-refractivity contribution is 7.94. The SMILES string of the molecule is CCOC(=O)c1nn(-c2cc(SOOO)ccc2S(=O)(=O)O)c(O)c1C=CC=C/C=C1\C(=O)N(c2cc(OS(=O)O)ccc2S(=O)(=O)O)N=C1C(=O)C#CO. The van der Waals surface area contributed by atoms with Gasteiger partial charge in [0.2, 0.25) is 5.88 Å². The lowest BCUT2D eigenvalue weighted by atomic mass is 10.1. The highest BCUT2D eigenvalue weighted by Gasteiger charge is 2.37. The lowest BCUT2D eigenvalue weighted by Gasteiger charge is -2.15. The van der Waals surface area contributed by atoms with Gasteiger partial charge in [0.15, 0.2) is 11.4 Å². The maximum Gasteiger partial charge on any atom is 0.359 e. The Labute approximate surface area is 315 Å². The number of hydrazone groups is 1. The second kappa shape index (κ2) is 17.6. The summed E-state index contributed by atoms with van der Waals surface area (Å²) in [5.41, 5.74) is -3.40. The molecule has 0 bridgehead atoms. The minimum atomic E-state index is -5.08. The van der Waals surface area contributed by atoms with E-state index in [0.29, 0.717) is 21.7 Å². The number of carbonyl (C=O) groups excluding carboxylic acids is 3. The highest BCUT2D eigenvalue weighted by atomic mass is 32.2. The van der Waals surface area contributed by atoms with Crippen molar-refractivity contribution in [3.8, 4) is 29.3 Å². The number of nitrogens with zero attached hydrogens (tertiary/aromatic N) is 4. The molecule has 26 heteroatoms. The van der Waals surface area contributed by atoms with Gasteiger partial charge in [0.05, 0.1) is 41.2 Å². The van der Waals surface area contributed by atoms with Crippen molar-refractivity contribution in [3.05, 3.63) is 77.5 Å². The molecule has 0 aliphatic carbocycles. The number of allylic oxidation sites excluding steroid dienone is 4. The average molecular weight is 843 g/mol. The summed E-state index contributed by atoms with van der Waals surface area (Å²) in [6.07, 6.45) is 6.86. The van der Waals surface area contributed by atoms with Crippen LogP contribution in [0.25, 0.3) is 11.8 Å². The van der Waals surface area contributed by atoms with Crippen molar-refractivity contribution in [2.45, 2.75) is 21.6 Å². The summed E-state index contributed by atoms with van der Waals surface area (Å²) in [5.74, 6) is -3.08. The number of anilines is 1. The minimum absolute atomic E-state index is 0.0559. The molecule has 2 heterocycles. The summed E-state index contributed by atoms with van der Waals surface area (Å²) >= 11 is -2.52. The van der Waals surface area contributed by atoms with Gasteiger partial charge in [-0.3, -0.25) is 23.2 Å². The van der Waals surface area contributed by atoms with Gasteiger partial charge in [-0.1, -0.05) is 23.3 Å². The molecule has 1 unspecified atom stereocenters. The molecule has 0 saturated carbocycles. The van der Waals surface area contributed by atoms with Crippen molar-refractivity contribution in [2.75, 3.05) is 11.6 Å². The van der Waals surface area contributed by atoms with E-state index < -0.39 is 99.0 Å². The highest BCUT2D eigenvalue weighted by Crippen LogP contribution is 2.35. The molecule has 1 atom stereocenters. The number of hydrogen-bond donors (Lipinski definition) is 6. The number of benzene rings is 2. The van der Waals surface area contributed by atoms with E-state index in [1.807, 2.05) is 0 Å². The molecule has 2 aromatic carbocycles. The number of ether oxygens (including phenoxy) is 1. The maximum atomic E-state index is 13.5. The van der Waals surface area contributed by atoms with Gasteiger partial charge in [-0.05, 0) is 49.4 Å². The molecule has 1 aliphatic rings. The maximum absolute atomic E-state index is 13.5. The second-order valence-corrected chi connectivity index (χ2v) is 14.1. The van der Waals surface area contributed by atoms with E-state index in [2.05, 4.69) is 23.8 Å². The van der Waals surface area contributed by atoms with E-state index in [9.17, 15) is 49.6 Å². The number of Topliss-reactive ketones (excluding diaryl/α,β-unsaturated/α-hetero) is 1. The molecule has 1 aromatic heterocycles. The van der Waals surface area contributed by atoms with Gasteiger partial charge >= 0.3 is 17.3 Å². The summed E-state index contributed by atoms with van der Waals surface area (Å²) in [6.45, 7) is 1.31. The Kier molecular flexibility index (Phi) is 13.5. The third-order valence-electron chi connectivity index (χ3n) is 6.58. The van der Waals surface area contributed by atoms with E-state index in [1.54, 1.807) is 5.92 Å². The summed E-state index contributed by atoms with van der Waals surface area (Å²) in [4.78, 5) is 37.3. The molecule has 6 N–H and O–H groups in total. The summed E-state index contributed by atoms with van der Waals surface area (Å²) < 4.78 is 103. The van der Waals surface area contributed by atoms with Crippen molar-refractivity contribution in [3.63, 3.8) is 0 Å². The normalized spacial score (nSPS) is 14.6. The van der Waals surface area contributed by atoms with Crippen molar-refractivity contribution in [1.82, 2.24) is 9.78 Å². The van der Waals surface area contributed by atoms with Crippen molar-refractivity contribution in [2.24, 2.45) is 5.10 Å². The largest absolute Gasteiger partial charge is 0.493 e. The number of aliphatic hydroxyl groups excluding tert-OH is 1. The van der Waals surface area contributed by atoms with E-state index in [1.165, 1.54) is 25.2 Å². The molecule has 0 saturated heterocycles. The molecule has 4 rings (SSSR count). The Morgan fingerprint density at radius 3 is 2.31 bits per heavy atom. The van der Waals surface area contributed by atoms with Gasteiger partial charge in [-0.2, -0.15) is 40.9 Å². The van der Waals surface area contributed by atoms with E-state index in [0.717, 1.165) is 54.6 Å². The van der Waals surface area contributed by atoms with E-state index in [-0.39, 0.29) is 17.1 Å².